The smallest absolute Gasteiger partial charge is 0.312 e. The van der Waals surface area contributed by atoms with Gasteiger partial charge in [0.15, 0.2) is 0 Å². The second-order valence-corrected chi connectivity index (χ2v) is 11.3. The van der Waals surface area contributed by atoms with Crippen LogP contribution in [0.25, 0.3) is 0 Å². The molecule has 4 saturated carbocycles. The number of aliphatic hydroxyl groups is 3. The highest BCUT2D eigenvalue weighted by Crippen LogP contribution is 2.72. The van der Waals surface area contributed by atoms with Gasteiger partial charge in [0.05, 0.1) is 24.2 Å². The molecule has 4 fully saturated rings. The molecular formula is C23H38O5. The minimum Gasteiger partial charge on any atom is -0.469 e. The minimum atomic E-state index is -1.27. The van der Waals surface area contributed by atoms with Gasteiger partial charge in [0.1, 0.15) is 5.60 Å². The molecule has 4 rings (SSSR count). The van der Waals surface area contributed by atoms with Crippen LogP contribution in [-0.4, -0.2) is 45.7 Å². The fraction of sp³-hybridized carbons (Fsp3) is 0.957. The molecule has 4 aliphatic carbocycles. The number of ether oxygens (including phenoxy) is 1. The number of methoxy groups -OCH3 is 1. The van der Waals surface area contributed by atoms with E-state index in [4.69, 9.17) is 4.74 Å². The van der Waals surface area contributed by atoms with Gasteiger partial charge < -0.3 is 20.1 Å². The number of fused-ring (bicyclic) bond motifs is 5. The number of aliphatic hydroxyl groups excluding tert-OH is 1. The van der Waals surface area contributed by atoms with Gasteiger partial charge in [-0.2, -0.15) is 0 Å². The Hall–Kier alpha value is -0.650. The van der Waals surface area contributed by atoms with Gasteiger partial charge in [-0.1, -0.05) is 13.8 Å². The van der Waals surface area contributed by atoms with Crippen molar-refractivity contribution in [1.82, 2.24) is 0 Å². The van der Waals surface area contributed by atoms with Gasteiger partial charge in [-0.05, 0) is 82.0 Å². The molecule has 0 aliphatic heterocycles. The third kappa shape index (κ3) is 2.22. The third-order valence-corrected chi connectivity index (χ3v) is 10.5. The predicted octanol–water partition coefficient (Wildman–Crippen LogP) is 3.05. The van der Waals surface area contributed by atoms with E-state index in [0.717, 1.165) is 32.1 Å². The molecule has 0 saturated heterocycles. The van der Waals surface area contributed by atoms with Gasteiger partial charge in [0, 0.05) is 11.8 Å². The topological polar surface area (TPSA) is 87.0 Å². The summed E-state index contributed by atoms with van der Waals surface area (Å²) in [6, 6.07) is 0. The molecule has 9 atom stereocenters. The van der Waals surface area contributed by atoms with E-state index in [9.17, 15) is 20.1 Å². The monoisotopic (exact) mass is 394 g/mol. The molecule has 0 aromatic carbocycles. The summed E-state index contributed by atoms with van der Waals surface area (Å²) >= 11 is 0. The number of rotatable bonds is 1. The second kappa shape index (κ2) is 5.95. The van der Waals surface area contributed by atoms with Gasteiger partial charge in [0.2, 0.25) is 0 Å². The standard InChI is InChI=1S/C23H38O5/c1-19-10-7-17-15(16(19)8-11-21(19,3)18(25)28-5)13-22(4,26)23(27)12-14(24)6-9-20(17,23)2/h14-17,24,26-27H,6-13H2,1-5H3/t14-,15-,16-,17-,19-,20+,21+,22+,23+/m0/s1. The molecule has 3 N–H and O–H groups in total. The molecule has 160 valence electrons. The molecule has 0 aromatic heterocycles. The summed E-state index contributed by atoms with van der Waals surface area (Å²) in [5, 5.41) is 33.5. The van der Waals surface area contributed by atoms with Gasteiger partial charge in [-0.15, -0.1) is 0 Å². The van der Waals surface area contributed by atoms with Gasteiger partial charge in [-0.3, -0.25) is 4.79 Å². The molecule has 0 heterocycles. The predicted molar refractivity (Wildman–Crippen MR) is 105 cm³/mol. The molecule has 0 bridgehead atoms. The molecule has 5 nitrogen and oxygen atoms in total. The lowest BCUT2D eigenvalue weighted by Crippen LogP contribution is -2.73. The Balaban J connectivity index is 1.75. The van der Waals surface area contributed by atoms with Crippen LogP contribution in [0.1, 0.15) is 79.1 Å². The van der Waals surface area contributed by atoms with Crippen molar-refractivity contribution in [2.45, 2.75) is 96.4 Å². The lowest BCUT2D eigenvalue weighted by molar-refractivity contribution is -0.301. The van der Waals surface area contributed by atoms with E-state index < -0.39 is 28.1 Å². The van der Waals surface area contributed by atoms with Gasteiger partial charge >= 0.3 is 5.97 Å². The molecule has 5 heteroatoms. The Morgan fingerprint density at radius 1 is 0.893 bits per heavy atom. The first-order valence-corrected chi connectivity index (χ1v) is 11.1. The zero-order chi connectivity index (χ0) is 20.8. The summed E-state index contributed by atoms with van der Waals surface area (Å²) in [5.74, 6) is 0.820. The Morgan fingerprint density at radius 3 is 2.11 bits per heavy atom. The highest BCUT2D eigenvalue weighted by atomic mass is 16.5. The van der Waals surface area contributed by atoms with Crippen molar-refractivity contribution in [2.75, 3.05) is 7.11 Å². The van der Waals surface area contributed by atoms with Crippen molar-refractivity contribution < 1.29 is 24.9 Å². The van der Waals surface area contributed by atoms with Crippen LogP contribution in [0.4, 0.5) is 0 Å². The number of carbonyl (C=O) groups is 1. The number of carbonyl (C=O) groups excluding carboxylic acids is 1. The normalized spacial score (nSPS) is 58.4. The fourth-order valence-electron chi connectivity index (χ4n) is 8.50. The van der Waals surface area contributed by atoms with Gasteiger partial charge in [0.25, 0.3) is 0 Å². The molecule has 0 spiro atoms. The lowest BCUT2D eigenvalue weighted by atomic mass is 9.39. The van der Waals surface area contributed by atoms with E-state index >= 15 is 0 Å². The van der Waals surface area contributed by atoms with Gasteiger partial charge in [-0.25, -0.2) is 0 Å². The first-order chi connectivity index (χ1) is 12.9. The Morgan fingerprint density at radius 2 is 1.46 bits per heavy atom. The number of hydrogen-bond acceptors (Lipinski definition) is 5. The van der Waals surface area contributed by atoms with E-state index in [1.165, 1.54) is 7.11 Å². The minimum absolute atomic E-state index is 0.109. The highest BCUT2D eigenvalue weighted by molar-refractivity contribution is 5.78. The van der Waals surface area contributed by atoms with Crippen LogP contribution < -0.4 is 0 Å². The number of hydrogen-bond donors (Lipinski definition) is 3. The van der Waals surface area contributed by atoms with Crippen molar-refractivity contribution in [2.24, 2.45) is 34.0 Å². The zero-order valence-electron chi connectivity index (χ0n) is 18.1. The zero-order valence-corrected chi connectivity index (χ0v) is 18.1. The Bertz CT molecular complexity index is 676. The van der Waals surface area contributed by atoms with Crippen LogP contribution in [0.15, 0.2) is 0 Å². The van der Waals surface area contributed by atoms with Crippen LogP contribution in [0, 0.1) is 34.0 Å². The molecule has 4 aliphatic rings. The first-order valence-electron chi connectivity index (χ1n) is 11.1. The lowest BCUT2D eigenvalue weighted by Gasteiger charge is -2.68. The van der Waals surface area contributed by atoms with Crippen LogP contribution in [0.5, 0.6) is 0 Å². The van der Waals surface area contributed by atoms with Crippen LogP contribution >= 0.6 is 0 Å². The van der Waals surface area contributed by atoms with Crippen molar-refractivity contribution >= 4 is 5.97 Å². The average molecular weight is 395 g/mol. The third-order valence-electron chi connectivity index (χ3n) is 10.5. The molecule has 28 heavy (non-hydrogen) atoms. The van der Waals surface area contributed by atoms with Crippen LogP contribution in [-0.2, 0) is 9.53 Å². The largest absolute Gasteiger partial charge is 0.469 e. The average Bonchev–Trinajstić information content (AvgIpc) is 2.90. The molecule has 0 amide bonds. The Labute approximate surface area is 168 Å². The molecular weight excluding hydrogens is 356 g/mol. The van der Waals surface area contributed by atoms with E-state index in [1.54, 1.807) is 6.92 Å². The van der Waals surface area contributed by atoms with E-state index in [2.05, 4.69) is 20.8 Å². The Kier molecular flexibility index (Phi) is 4.38. The van der Waals surface area contributed by atoms with E-state index in [-0.39, 0.29) is 23.7 Å². The SMILES string of the molecule is COC(=O)[C@@]1(C)CC[C@H]2[C@@H]3C[C@@](C)(O)[C@@]4(O)C[C@@H](O)CC[C@]4(C)[C@H]3CC[C@@]21C. The first kappa shape index (κ1) is 20.6. The summed E-state index contributed by atoms with van der Waals surface area (Å²) in [5.41, 5.74) is -3.55. The van der Waals surface area contributed by atoms with Crippen molar-refractivity contribution in [1.29, 1.82) is 0 Å². The maximum atomic E-state index is 12.7. The van der Waals surface area contributed by atoms with Crippen molar-refractivity contribution in [3.8, 4) is 0 Å². The summed E-state index contributed by atoms with van der Waals surface area (Å²) in [6.45, 7) is 8.22. The summed E-state index contributed by atoms with van der Waals surface area (Å²) < 4.78 is 5.21. The van der Waals surface area contributed by atoms with E-state index in [1.807, 2.05) is 0 Å². The maximum absolute atomic E-state index is 12.7. The quantitative estimate of drug-likeness (QED) is 0.595. The number of esters is 1. The van der Waals surface area contributed by atoms with Crippen LogP contribution in [0.3, 0.4) is 0 Å². The van der Waals surface area contributed by atoms with E-state index in [0.29, 0.717) is 24.7 Å². The summed E-state index contributed by atoms with van der Waals surface area (Å²) in [6.07, 6.45) is 5.34. The summed E-state index contributed by atoms with van der Waals surface area (Å²) in [4.78, 5) is 12.7. The highest BCUT2D eigenvalue weighted by Gasteiger charge is 2.72. The van der Waals surface area contributed by atoms with Crippen LogP contribution in [0.2, 0.25) is 0 Å². The fourth-order valence-corrected chi connectivity index (χ4v) is 8.50. The maximum Gasteiger partial charge on any atom is 0.312 e. The van der Waals surface area contributed by atoms with Crippen molar-refractivity contribution in [3.05, 3.63) is 0 Å². The van der Waals surface area contributed by atoms with Crippen molar-refractivity contribution in [3.63, 3.8) is 0 Å². The molecule has 0 unspecified atom stereocenters. The second-order valence-electron chi connectivity index (χ2n) is 11.3. The molecule has 0 radical (unpaired) electrons. The summed E-state index contributed by atoms with van der Waals surface area (Å²) in [7, 11) is 1.48. The molecule has 0 aromatic rings.